The van der Waals surface area contributed by atoms with Crippen LogP contribution in [0.3, 0.4) is 0 Å². The normalized spacial score (nSPS) is 13.9. The van der Waals surface area contributed by atoms with Crippen LogP contribution in [0.4, 0.5) is 17.1 Å². The molecule has 2 aliphatic rings. The van der Waals surface area contributed by atoms with Crippen LogP contribution in [-0.4, -0.2) is 11.3 Å². The summed E-state index contributed by atoms with van der Waals surface area (Å²) in [5, 5.41) is 9.18. The maximum atomic E-state index is 7.11. The van der Waals surface area contributed by atoms with E-state index in [-0.39, 0.29) is 17.7 Å². The van der Waals surface area contributed by atoms with Gasteiger partial charge in [0, 0.05) is 82.3 Å². The molecule has 0 amide bonds. The van der Waals surface area contributed by atoms with Crippen molar-refractivity contribution in [2.45, 2.75) is 52.4 Å². The predicted octanol–water partition coefficient (Wildman–Crippen LogP) is 14.5. The van der Waals surface area contributed by atoms with Gasteiger partial charge in [0.25, 0.3) is 0 Å². The molecule has 6 heteroatoms. The van der Waals surface area contributed by atoms with Crippen LogP contribution in [0.5, 0.6) is 0 Å². The Hall–Kier alpha value is -7.18. The summed E-state index contributed by atoms with van der Waals surface area (Å²) >= 11 is 0. The molecule has 0 aliphatic carbocycles. The van der Waals surface area contributed by atoms with Gasteiger partial charge in [-0.1, -0.05) is 102 Å². The van der Waals surface area contributed by atoms with Crippen LogP contribution in [0.2, 0.25) is 0 Å². The van der Waals surface area contributed by atoms with Crippen LogP contribution in [0.15, 0.2) is 153 Å². The van der Waals surface area contributed by atoms with Crippen LogP contribution in [0, 0.1) is 0 Å². The average molecular weight is 801 g/mol. The Labute approximate surface area is 357 Å². The second-order valence-electron chi connectivity index (χ2n) is 19.7. The van der Waals surface area contributed by atoms with Gasteiger partial charge >= 0.3 is 6.85 Å². The van der Waals surface area contributed by atoms with Gasteiger partial charge in [0.1, 0.15) is 33.5 Å². The molecule has 8 aromatic carbocycles. The Balaban J connectivity index is 1.21. The molecule has 5 nitrogen and oxygen atoms in total. The van der Waals surface area contributed by atoms with Gasteiger partial charge in [-0.25, -0.2) is 0 Å². The zero-order valence-electron chi connectivity index (χ0n) is 35.5. The number of rotatable bonds is 1. The lowest BCUT2D eigenvalue weighted by molar-refractivity contribution is 0.590. The van der Waals surface area contributed by atoms with Gasteiger partial charge in [0.2, 0.25) is 0 Å². The lowest BCUT2D eigenvalue weighted by Crippen LogP contribution is -2.56. The summed E-state index contributed by atoms with van der Waals surface area (Å²) in [5.74, 6) is 0. The van der Waals surface area contributed by atoms with E-state index < -0.39 is 0 Å². The van der Waals surface area contributed by atoms with E-state index in [4.69, 9.17) is 13.3 Å². The second kappa shape index (κ2) is 11.4. The number of nitrogens with zero attached hydrogens (tertiary/aromatic N) is 2. The molecule has 62 heavy (non-hydrogen) atoms. The Morgan fingerprint density at radius 2 is 1.05 bits per heavy atom. The van der Waals surface area contributed by atoms with Gasteiger partial charge in [-0.05, 0) is 112 Å². The molecule has 0 saturated heterocycles. The first-order valence-electron chi connectivity index (χ1n) is 21.8. The maximum absolute atomic E-state index is 7.11. The zero-order chi connectivity index (χ0) is 41.6. The minimum absolute atomic E-state index is 0.0178. The molecular weight excluding hydrogens is 759 g/mol. The molecule has 0 atom stereocenters. The van der Waals surface area contributed by atoms with E-state index in [1.165, 1.54) is 49.4 Å². The highest BCUT2D eigenvalue weighted by atomic mass is 16.3. The highest BCUT2D eigenvalue weighted by Gasteiger charge is 2.45. The standard InChI is InChI=1S/C56H41BN2O3/c1-55(2,3)30-19-21-43-36(23-30)39-24-31(56(4,5)6)25-41-51-52-45(28-40-35-15-9-12-18-48(35)62-54(40)51)58(32-20-22-49-37(26-32)33-13-7-10-16-46(33)60-49)44-27-38-34-14-8-11-17-47(34)61-50(38)29-42(44)57(52)59(43)53(39)41/h7-29H,1-6H3. The minimum Gasteiger partial charge on any atom is -0.456 e. The number of fused-ring (bicyclic) bond motifs is 17. The van der Waals surface area contributed by atoms with Crippen molar-refractivity contribution >= 4 is 122 Å². The molecule has 6 heterocycles. The third-order valence-electron chi connectivity index (χ3n) is 14.0. The Kier molecular flexibility index (Phi) is 6.34. The molecular formula is C56H41BN2O3. The number of para-hydroxylation sites is 3. The lowest BCUT2D eigenvalue weighted by Gasteiger charge is -2.40. The fourth-order valence-corrected chi connectivity index (χ4v) is 11.0. The average Bonchev–Trinajstić information content (AvgIpc) is 4.02. The second-order valence-corrected chi connectivity index (χ2v) is 19.7. The van der Waals surface area contributed by atoms with E-state index in [1.54, 1.807) is 0 Å². The molecule has 14 rings (SSSR count). The van der Waals surface area contributed by atoms with Crippen molar-refractivity contribution in [3.8, 4) is 11.1 Å². The van der Waals surface area contributed by atoms with Crippen LogP contribution in [-0.2, 0) is 10.8 Å². The van der Waals surface area contributed by atoms with Crippen molar-refractivity contribution in [1.29, 1.82) is 0 Å². The summed E-state index contributed by atoms with van der Waals surface area (Å²) in [4.78, 5) is 2.51. The first kappa shape index (κ1) is 34.5. The van der Waals surface area contributed by atoms with E-state index >= 15 is 0 Å². The van der Waals surface area contributed by atoms with E-state index in [0.717, 1.165) is 88.4 Å². The molecule has 0 fully saturated rings. The minimum atomic E-state index is -0.187. The molecule has 0 N–H and O–H groups in total. The summed E-state index contributed by atoms with van der Waals surface area (Å²) in [6.45, 7) is 13.7. The van der Waals surface area contributed by atoms with E-state index in [1.807, 2.05) is 6.07 Å². The van der Waals surface area contributed by atoms with Crippen molar-refractivity contribution in [3.05, 3.63) is 151 Å². The summed E-state index contributed by atoms with van der Waals surface area (Å²) in [7, 11) is 0. The number of furan rings is 3. The molecule has 4 aromatic heterocycles. The summed E-state index contributed by atoms with van der Waals surface area (Å²) in [6, 6.07) is 51.2. The number of hydrogen-bond donors (Lipinski definition) is 0. The first-order chi connectivity index (χ1) is 30.0. The fraction of sp³-hybridized carbons (Fsp3) is 0.143. The fourth-order valence-electron chi connectivity index (χ4n) is 11.0. The van der Waals surface area contributed by atoms with Gasteiger partial charge in [-0.3, -0.25) is 0 Å². The number of anilines is 3. The van der Waals surface area contributed by atoms with Crippen LogP contribution < -0.4 is 15.8 Å². The molecule has 296 valence electrons. The van der Waals surface area contributed by atoms with Gasteiger partial charge in [0.15, 0.2) is 0 Å². The highest BCUT2D eigenvalue weighted by molar-refractivity contribution is 6.90. The number of hydrogen-bond acceptors (Lipinski definition) is 4. The Bertz CT molecular complexity index is 3970. The molecule has 0 spiro atoms. The molecule has 0 unspecified atom stereocenters. The Morgan fingerprint density at radius 1 is 0.452 bits per heavy atom. The molecule has 0 saturated carbocycles. The molecule has 0 radical (unpaired) electrons. The van der Waals surface area contributed by atoms with Crippen molar-refractivity contribution in [3.63, 3.8) is 0 Å². The number of benzene rings is 8. The molecule has 0 bridgehead atoms. The van der Waals surface area contributed by atoms with Gasteiger partial charge in [0.05, 0.1) is 0 Å². The van der Waals surface area contributed by atoms with Crippen molar-refractivity contribution in [1.82, 2.24) is 4.48 Å². The van der Waals surface area contributed by atoms with Gasteiger partial charge in [-0.2, -0.15) is 0 Å². The summed E-state index contributed by atoms with van der Waals surface area (Å²) < 4.78 is 22.9. The molecule has 12 aromatic rings. The summed E-state index contributed by atoms with van der Waals surface area (Å²) in [6.07, 6.45) is 0. The van der Waals surface area contributed by atoms with E-state index in [0.29, 0.717) is 0 Å². The third kappa shape index (κ3) is 4.39. The zero-order valence-corrected chi connectivity index (χ0v) is 35.5. The van der Waals surface area contributed by atoms with Crippen molar-refractivity contribution in [2.75, 3.05) is 4.90 Å². The van der Waals surface area contributed by atoms with Crippen LogP contribution >= 0.6 is 0 Å². The van der Waals surface area contributed by atoms with Crippen molar-refractivity contribution < 1.29 is 13.3 Å². The summed E-state index contributed by atoms with van der Waals surface area (Å²) in [5.41, 5.74) is 18.4. The third-order valence-corrected chi connectivity index (χ3v) is 14.0. The maximum Gasteiger partial charge on any atom is 0.333 e. The van der Waals surface area contributed by atoms with Gasteiger partial charge in [-0.15, -0.1) is 0 Å². The monoisotopic (exact) mass is 800 g/mol. The van der Waals surface area contributed by atoms with Crippen LogP contribution in [0.1, 0.15) is 52.7 Å². The predicted molar refractivity (Wildman–Crippen MR) is 259 cm³/mol. The van der Waals surface area contributed by atoms with Crippen molar-refractivity contribution in [2.24, 2.45) is 0 Å². The first-order valence-corrected chi connectivity index (χ1v) is 21.8. The molecule has 2 aliphatic heterocycles. The number of aromatic nitrogens is 1. The topological polar surface area (TPSA) is 47.6 Å². The quantitative estimate of drug-likeness (QED) is 0.155. The van der Waals surface area contributed by atoms with Crippen LogP contribution in [0.25, 0.3) is 98.7 Å². The smallest absolute Gasteiger partial charge is 0.333 e. The Morgan fingerprint density at radius 3 is 1.76 bits per heavy atom. The SMILES string of the molecule is CC(C)(C)c1ccc2c(c1)c1cc(C(C)(C)C)cc3c1n2B1c2cc4oc5ccccc5c4cc2N(c2ccc4oc5ccccc5c4c2)c2cc4c(oc5ccccc54)c-3c21. The lowest BCUT2D eigenvalue weighted by atomic mass is 9.45. The van der Waals surface area contributed by atoms with E-state index in [9.17, 15) is 0 Å². The largest absolute Gasteiger partial charge is 0.456 e. The highest BCUT2D eigenvalue weighted by Crippen LogP contribution is 2.51. The van der Waals surface area contributed by atoms with Gasteiger partial charge < -0.3 is 22.6 Å². The van der Waals surface area contributed by atoms with E-state index in [2.05, 4.69) is 184 Å².